The van der Waals surface area contributed by atoms with Gasteiger partial charge in [-0.25, -0.2) is 14.8 Å². The van der Waals surface area contributed by atoms with E-state index in [0.29, 0.717) is 10.8 Å². The van der Waals surface area contributed by atoms with Crippen molar-refractivity contribution in [3.63, 3.8) is 0 Å². The van der Waals surface area contributed by atoms with E-state index >= 15 is 0 Å². The Kier molecular flexibility index (Phi) is 5.87. The van der Waals surface area contributed by atoms with Crippen LogP contribution in [0.4, 0.5) is 4.79 Å². The predicted octanol–water partition coefficient (Wildman–Crippen LogP) is 4.07. The summed E-state index contributed by atoms with van der Waals surface area (Å²) in [6.07, 6.45) is 3.01. The molecule has 7 nitrogen and oxygen atoms in total. The Hall–Kier alpha value is -3.17. The van der Waals surface area contributed by atoms with Gasteiger partial charge in [-0.15, -0.1) is 11.3 Å². The van der Waals surface area contributed by atoms with Gasteiger partial charge in [-0.1, -0.05) is 42.1 Å². The van der Waals surface area contributed by atoms with Gasteiger partial charge < -0.3 is 9.73 Å². The molecular weight excluding hydrogens is 408 g/mol. The third kappa shape index (κ3) is 4.64. The highest BCUT2D eigenvalue weighted by molar-refractivity contribution is 8.00. The Balaban J connectivity index is 1.41. The summed E-state index contributed by atoms with van der Waals surface area (Å²) < 4.78 is 5.13. The van der Waals surface area contributed by atoms with Crippen LogP contribution in [-0.2, 0) is 11.3 Å². The van der Waals surface area contributed by atoms with Gasteiger partial charge in [0.2, 0.25) is 5.91 Å². The molecule has 29 heavy (non-hydrogen) atoms. The summed E-state index contributed by atoms with van der Waals surface area (Å²) in [6, 6.07) is 12.9. The lowest BCUT2D eigenvalue weighted by Crippen LogP contribution is -2.39. The number of amides is 3. The minimum Gasteiger partial charge on any atom is -0.467 e. The van der Waals surface area contributed by atoms with Crippen molar-refractivity contribution < 1.29 is 14.0 Å². The molecule has 0 bridgehead atoms. The maximum atomic E-state index is 12.2. The van der Waals surface area contributed by atoms with Crippen LogP contribution in [0.3, 0.4) is 0 Å². The molecule has 2 N–H and O–H groups in total. The summed E-state index contributed by atoms with van der Waals surface area (Å²) >= 11 is 2.81. The molecule has 0 saturated heterocycles. The SMILES string of the molecule is O=C(CSc1ncnc2scc(-c3ccccc3)c12)NC(=O)NCc1ccco1. The molecule has 0 atom stereocenters. The molecule has 0 fully saturated rings. The van der Waals surface area contributed by atoms with Crippen molar-refractivity contribution in [1.29, 1.82) is 0 Å². The second kappa shape index (κ2) is 8.89. The zero-order valence-corrected chi connectivity index (χ0v) is 16.8. The average Bonchev–Trinajstić information content (AvgIpc) is 3.41. The summed E-state index contributed by atoms with van der Waals surface area (Å²) in [5, 5.41) is 8.55. The molecule has 3 aromatic heterocycles. The van der Waals surface area contributed by atoms with E-state index in [-0.39, 0.29) is 12.3 Å². The number of imide groups is 1. The topological polar surface area (TPSA) is 97.1 Å². The van der Waals surface area contributed by atoms with Crippen molar-refractivity contribution in [2.45, 2.75) is 11.6 Å². The number of nitrogens with zero attached hydrogens (tertiary/aromatic N) is 2. The first-order valence-electron chi connectivity index (χ1n) is 8.71. The van der Waals surface area contributed by atoms with Crippen molar-refractivity contribution in [1.82, 2.24) is 20.6 Å². The Morgan fingerprint density at radius 1 is 1.10 bits per heavy atom. The third-order valence-electron chi connectivity index (χ3n) is 4.02. The minimum absolute atomic E-state index is 0.0599. The van der Waals surface area contributed by atoms with Crippen molar-refractivity contribution in [2.24, 2.45) is 0 Å². The first-order chi connectivity index (χ1) is 14.2. The normalized spacial score (nSPS) is 10.8. The Morgan fingerprint density at radius 2 is 1.97 bits per heavy atom. The van der Waals surface area contributed by atoms with Crippen LogP contribution in [0.5, 0.6) is 0 Å². The van der Waals surface area contributed by atoms with Gasteiger partial charge in [0.05, 0.1) is 23.9 Å². The Morgan fingerprint density at radius 3 is 2.76 bits per heavy atom. The number of thioether (sulfide) groups is 1. The molecule has 146 valence electrons. The zero-order valence-electron chi connectivity index (χ0n) is 15.1. The number of aromatic nitrogens is 2. The first kappa shape index (κ1) is 19.2. The molecule has 0 aliphatic rings. The molecule has 0 saturated carbocycles. The number of hydrogen-bond acceptors (Lipinski definition) is 7. The number of hydrogen-bond donors (Lipinski definition) is 2. The van der Waals surface area contributed by atoms with Gasteiger partial charge in [-0.3, -0.25) is 10.1 Å². The second-order valence-corrected chi connectivity index (χ2v) is 7.80. The van der Waals surface area contributed by atoms with Crippen LogP contribution in [-0.4, -0.2) is 27.7 Å². The van der Waals surface area contributed by atoms with E-state index in [1.165, 1.54) is 35.7 Å². The Labute approximate surface area is 174 Å². The fourth-order valence-corrected chi connectivity index (χ4v) is 4.50. The number of benzene rings is 1. The van der Waals surface area contributed by atoms with Crippen LogP contribution in [0.2, 0.25) is 0 Å². The lowest BCUT2D eigenvalue weighted by molar-refractivity contribution is -0.117. The molecule has 1 aromatic carbocycles. The fourth-order valence-electron chi connectivity index (χ4n) is 2.71. The van der Waals surface area contributed by atoms with Gasteiger partial charge in [-0.05, 0) is 17.7 Å². The quantitative estimate of drug-likeness (QED) is 0.358. The standard InChI is InChI=1S/C20H16N4O3S2/c25-16(24-20(26)21-9-14-7-4-8-27-14)11-29-19-17-15(13-5-2-1-3-6-13)10-28-18(17)22-12-23-19/h1-8,10,12H,9,11H2,(H2,21,24,25,26). The van der Waals surface area contributed by atoms with Gasteiger partial charge in [0, 0.05) is 10.9 Å². The third-order valence-corrected chi connectivity index (χ3v) is 5.89. The van der Waals surface area contributed by atoms with Gasteiger partial charge >= 0.3 is 6.03 Å². The number of nitrogens with one attached hydrogen (secondary N) is 2. The molecule has 0 unspecified atom stereocenters. The van der Waals surface area contributed by atoms with E-state index < -0.39 is 11.9 Å². The van der Waals surface area contributed by atoms with E-state index in [4.69, 9.17) is 4.42 Å². The van der Waals surface area contributed by atoms with E-state index in [9.17, 15) is 9.59 Å². The predicted molar refractivity (Wildman–Crippen MR) is 113 cm³/mol. The molecule has 0 aliphatic carbocycles. The van der Waals surface area contributed by atoms with Crippen molar-refractivity contribution in [3.05, 3.63) is 66.2 Å². The van der Waals surface area contributed by atoms with Gasteiger partial charge in [0.15, 0.2) is 0 Å². The number of carbonyl (C=O) groups is 2. The first-order valence-corrected chi connectivity index (χ1v) is 10.6. The smallest absolute Gasteiger partial charge is 0.321 e. The van der Waals surface area contributed by atoms with E-state index in [1.807, 2.05) is 35.7 Å². The van der Waals surface area contributed by atoms with Crippen LogP contribution in [0, 0.1) is 0 Å². The summed E-state index contributed by atoms with van der Waals surface area (Å²) in [7, 11) is 0. The molecule has 0 radical (unpaired) electrons. The molecule has 0 spiro atoms. The molecule has 9 heteroatoms. The van der Waals surface area contributed by atoms with Gasteiger partial charge in [0.1, 0.15) is 21.9 Å². The summed E-state index contributed by atoms with van der Waals surface area (Å²) in [5.74, 6) is 0.260. The molecule has 4 aromatic rings. The van der Waals surface area contributed by atoms with Gasteiger partial charge in [0.25, 0.3) is 0 Å². The maximum Gasteiger partial charge on any atom is 0.321 e. The number of furan rings is 1. The second-order valence-electron chi connectivity index (χ2n) is 5.97. The lowest BCUT2D eigenvalue weighted by Gasteiger charge is -2.07. The fraction of sp³-hybridized carbons (Fsp3) is 0.100. The zero-order chi connectivity index (χ0) is 20.1. The summed E-state index contributed by atoms with van der Waals surface area (Å²) in [4.78, 5) is 33.6. The molecular formula is C20H16N4O3S2. The highest BCUT2D eigenvalue weighted by Gasteiger charge is 2.15. The number of fused-ring (bicyclic) bond motifs is 1. The molecule has 3 amide bonds. The van der Waals surface area contributed by atoms with E-state index in [2.05, 4.69) is 20.6 Å². The molecule has 3 heterocycles. The maximum absolute atomic E-state index is 12.2. The average molecular weight is 425 g/mol. The van der Waals surface area contributed by atoms with Crippen LogP contribution in [0.1, 0.15) is 5.76 Å². The monoisotopic (exact) mass is 424 g/mol. The largest absolute Gasteiger partial charge is 0.467 e. The van der Waals surface area contributed by atoms with Crippen molar-refractivity contribution in [3.8, 4) is 11.1 Å². The van der Waals surface area contributed by atoms with Crippen molar-refractivity contribution >= 4 is 45.3 Å². The number of thiophene rings is 1. The lowest BCUT2D eigenvalue weighted by atomic mass is 10.1. The summed E-state index contributed by atoms with van der Waals surface area (Å²) in [6.45, 7) is 0.209. The summed E-state index contributed by atoms with van der Waals surface area (Å²) in [5.41, 5.74) is 2.10. The van der Waals surface area contributed by atoms with Crippen LogP contribution in [0.15, 0.2) is 69.9 Å². The highest BCUT2D eigenvalue weighted by Crippen LogP contribution is 2.37. The highest BCUT2D eigenvalue weighted by atomic mass is 32.2. The van der Waals surface area contributed by atoms with Crippen LogP contribution < -0.4 is 10.6 Å². The van der Waals surface area contributed by atoms with Crippen LogP contribution >= 0.6 is 23.1 Å². The minimum atomic E-state index is -0.569. The van der Waals surface area contributed by atoms with E-state index in [0.717, 1.165) is 21.3 Å². The Bertz CT molecular complexity index is 1130. The number of carbonyl (C=O) groups excluding carboxylic acids is 2. The number of urea groups is 1. The van der Waals surface area contributed by atoms with E-state index in [1.54, 1.807) is 12.1 Å². The van der Waals surface area contributed by atoms with Crippen molar-refractivity contribution in [2.75, 3.05) is 5.75 Å². The van der Waals surface area contributed by atoms with Crippen LogP contribution in [0.25, 0.3) is 21.3 Å². The molecule has 4 rings (SSSR count). The molecule has 0 aliphatic heterocycles. The number of rotatable bonds is 6. The van der Waals surface area contributed by atoms with Gasteiger partial charge in [-0.2, -0.15) is 0 Å².